The number of benzene rings is 1. The Morgan fingerprint density at radius 1 is 1.03 bits per heavy atom. The third-order valence-electron chi connectivity index (χ3n) is 6.88. The normalized spacial score (nSPS) is 14.2. The highest BCUT2D eigenvalue weighted by Crippen LogP contribution is 2.42. The van der Waals surface area contributed by atoms with Gasteiger partial charge in [0.15, 0.2) is 11.5 Å². The van der Waals surface area contributed by atoms with Gasteiger partial charge in [-0.2, -0.15) is 0 Å². The molecule has 0 aliphatic carbocycles. The van der Waals surface area contributed by atoms with Gasteiger partial charge in [-0.3, -0.25) is 9.78 Å². The van der Waals surface area contributed by atoms with Crippen LogP contribution in [0.4, 0.5) is 11.4 Å². The largest absolute Gasteiger partial charge is 0.491 e. The maximum Gasteiger partial charge on any atom is 0.256 e. The number of anilines is 2. The van der Waals surface area contributed by atoms with Gasteiger partial charge in [-0.25, -0.2) is 4.98 Å². The lowest BCUT2D eigenvalue weighted by molar-refractivity contribution is 0.122. The molecule has 3 aromatic heterocycles. The Balaban J connectivity index is 1.23. The minimum atomic E-state index is -0.176. The van der Waals surface area contributed by atoms with Crippen molar-refractivity contribution in [3.8, 4) is 34.5 Å². The van der Waals surface area contributed by atoms with E-state index in [2.05, 4.69) is 31.2 Å². The molecule has 1 fully saturated rings. The van der Waals surface area contributed by atoms with E-state index in [1.165, 1.54) is 0 Å². The number of aromatic nitrogens is 3. The van der Waals surface area contributed by atoms with Crippen molar-refractivity contribution in [1.82, 2.24) is 15.0 Å². The first-order valence-corrected chi connectivity index (χ1v) is 12.8. The van der Waals surface area contributed by atoms with Crippen LogP contribution in [0.3, 0.4) is 0 Å². The molecule has 0 atom stereocenters. The molecule has 200 valence electrons. The summed E-state index contributed by atoms with van der Waals surface area (Å²) in [6.45, 7) is 3.34. The Morgan fingerprint density at radius 2 is 1.90 bits per heavy atom. The number of methoxy groups -OCH3 is 2. The summed E-state index contributed by atoms with van der Waals surface area (Å²) in [5, 5.41) is 3.45. The summed E-state index contributed by atoms with van der Waals surface area (Å²) in [5.74, 6) is 2.48. The van der Waals surface area contributed by atoms with E-state index in [0.29, 0.717) is 54.9 Å². The van der Waals surface area contributed by atoms with Crippen molar-refractivity contribution in [2.75, 3.05) is 50.7 Å². The Hall–Kier alpha value is -4.57. The second-order valence-electron chi connectivity index (χ2n) is 9.37. The quantitative estimate of drug-likeness (QED) is 0.325. The molecule has 0 spiro atoms. The zero-order chi connectivity index (χ0) is 26.8. The first-order chi connectivity index (χ1) is 19.1. The van der Waals surface area contributed by atoms with Gasteiger partial charge < -0.3 is 34.1 Å². The predicted octanol–water partition coefficient (Wildman–Crippen LogP) is 3.99. The third kappa shape index (κ3) is 5.10. The van der Waals surface area contributed by atoms with Crippen LogP contribution in [0, 0.1) is 0 Å². The second kappa shape index (κ2) is 10.7. The summed E-state index contributed by atoms with van der Waals surface area (Å²) in [7, 11) is 3.16. The lowest BCUT2D eigenvalue weighted by Gasteiger charge is -2.29. The molecule has 0 bridgehead atoms. The summed E-state index contributed by atoms with van der Waals surface area (Å²) in [6.07, 6.45) is 4.20. The predicted molar refractivity (Wildman–Crippen MR) is 147 cm³/mol. The molecule has 5 heterocycles. The van der Waals surface area contributed by atoms with E-state index in [1.807, 2.05) is 30.3 Å². The number of hydrogen-bond acceptors (Lipinski definition) is 9. The van der Waals surface area contributed by atoms with Crippen molar-refractivity contribution in [2.24, 2.45) is 0 Å². The molecular weight excluding hydrogens is 498 g/mol. The van der Waals surface area contributed by atoms with Gasteiger partial charge in [0.25, 0.3) is 11.4 Å². The fourth-order valence-electron chi connectivity index (χ4n) is 4.91. The molecule has 4 aromatic rings. The van der Waals surface area contributed by atoms with Gasteiger partial charge in [0.2, 0.25) is 0 Å². The average molecular weight is 528 g/mol. The molecule has 10 heteroatoms. The van der Waals surface area contributed by atoms with Crippen molar-refractivity contribution in [3.05, 3.63) is 81.9 Å². The number of ether oxygens (including phenoxy) is 4. The number of nitrogens with zero attached hydrogens (tertiary/aromatic N) is 3. The van der Waals surface area contributed by atoms with Crippen LogP contribution < -0.4 is 30.0 Å². The van der Waals surface area contributed by atoms with E-state index >= 15 is 0 Å². The smallest absolute Gasteiger partial charge is 0.256 e. The van der Waals surface area contributed by atoms with Gasteiger partial charge >= 0.3 is 0 Å². The number of hydrogen-bond donors (Lipinski definition) is 2. The number of rotatable bonds is 7. The minimum absolute atomic E-state index is 0.176. The average Bonchev–Trinajstić information content (AvgIpc) is 2.98. The molecule has 1 aromatic carbocycles. The maximum atomic E-state index is 12.6. The summed E-state index contributed by atoms with van der Waals surface area (Å²) >= 11 is 0. The molecular formula is C29H29N5O5. The zero-order valence-electron chi connectivity index (χ0n) is 21.8. The van der Waals surface area contributed by atoms with E-state index in [-0.39, 0.29) is 5.56 Å². The van der Waals surface area contributed by atoms with Crippen molar-refractivity contribution in [2.45, 2.75) is 13.0 Å². The molecule has 1 saturated heterocycles. The van der Waals surface area contributed by atoms with Crippen molar-refractivity contribution in [1.29, 1.82) is 0 Å². The number of nitrogens with one attached hydrogen (secondary N) is 2. The zero-order valence-corrected chi connectivity index (χ0v) is 21.8. The topological polar surface area (TPSA) is 111 Å². The molecule has 39 heavy (non-hydrogen) atoms. The van der Waals surface area contributed by atoms with E-state index in [9.17, 15) is 4.79 Å². The molecule has 0 radical (unpaired) electrons. The number of H-pyrrole nitrogens is 1. The van der Waals surface area contributed by atoms with Gasteiger partial charge in [0.05, 0.1) is 33.1 Å². The number of morpholine rings is 1. The van der Waals surface area contributed by atoms with Crippen molar-refractivity contribution >= 4 is 11.4 Å². The Labute approximate surface area is 225 Å². The van der Waals surface area contributed by atoms with Crippen molar-refractivity contribution < 1.29 is 18.9 Å². The van der Waals surface area contributed by atoms with Gasteiger partial charge in [0, 0.05) is 67.0 Å². The molecule has 2 N–H and O–H groups in total. The summed E-state index contributed by atoms with van der Waals surface area (Å²) < 4.78 is 22.4. The Kier molecular flexibility index (Phi) is 6.76. The summed E-state index contributed by atoms with van der Waals surface area (Å²) in [6, 6.07) is 13.5. The van der Waals surface area contributed by atoms with Gasteiger partial charge in [-0.1, -0.05) is 0 Å². The third-order valence-corrected chi connectivity index (χ3v) is 6.88. The van der Waals surface area contributed by atoms with Gasteiger partial charge in [0.1, 0.15) is 11.4 Å². The van der Waals surface area contributed by atoms with Crippen LogP contribution in [0.2, 0.25) is 0 Å². The molecule has 2 aliphatic rings. The van der Waals surface area contributed by atoms with Crippen molar-refractivity contribution in [3.63, 3.8) is 0 Å². The van der Waals surface area contributed by atoms with Gasteiger partial charge in [-0.05, 0) is 42.0 Å². The van der Waals surface area contributed by atoms with E-state index in [0.717, 1.165) is 46.9 Å². The highest BCUT2D eigenvalue weighted by atomic mass is 16.5. The second-order valence-corrected chi connectivity index (χ2v) is 9.37. The maximum absolute atomic E-state index is 12.6. The standard InChI is InChI=1S/C29H29N5O5/c1-36-25-11-18(17-32-29(25)37-2)16-31-21-3-4-24-20(13-21)12-19-5-6-30-27(28(19)39-24)23-14-22(15-26(35)33-23)34-7-9-38-10-8-34/h3-6,11,13-15,17,31H,7-10,12,16H2,1-2H3,(H,33,35). The molecule has 10 nitrogen and oxygen atoms in total. The summed E-state index contributed by atoms with van der Waals surface area (Å²) in [4.78, 5) is 26.6. The first kappa shape index (κ1) is 24.7. The highest BCUT2D eigenvalue weighted by molar-refractivity contribution is 5.71. The monoisotopic (exact) mass is 527 g/mol. The molecule has 0 unspecified atom stereocenters. The van der Waals surface area contributed by atoms with Crippen LogP contribution in [-0.4, -0.2) is 55.5 Å². The fourth-order valence-corrected chi connectivity index (χ4v) is 4.91. The summed E-state index contributed by atoms with van der Waals surface area (Å²) in [5.41, 5.74) is 5.93. The molecule has 2 aliphatic heterocycles. The van der Waals surface area contributed by atoms with Crippen LogP contribution in [0.25, 0.3) is 11.4 Å². The number of fused-ring (bicyclic) bond motifs is 2. The van der Waals surface area contributed by atoms with Gasteiger partial charge in [-0.15, -0.1) is 0 Å². The lowest BCUT2D eigenvalue weighted by atomic mass is 9.99. The van der Waals surface area contributed by atoms with E-state index in [1.54, 1.807) is 32.7 Å². The number of pyridine rings is 3. The molecule has 0 amide bonds. The van der Waals surface area contributed by atoms with E-state index < -0.39 is 0 Å². The van der Waals surface area contributed by atoms with E-state index in [4.69, 9.17) is 18.9 Å². The Bertz CT molecular complexity index is 1560. The lowest BCUT2D eigenvalue weighted by Crippen LogP contribution is -2.36. The van der Waals surface area contributed by atoms with Crippen LogP contribution in [-0.2, 0) is 17.7 Å². The first-order valence-electron chi connectivity index (χ1n) is 12.8. The van der Waals surface area contributed by atoms with Crippen LogP contribution in [0.5, 0.6) is 23.1 Å². The van der Waals surface area contributed by atoms with Crippen LogP contribution in [0.1, 0.15) is 16.7 Å². The fraction of sp³-hybridized carbons (Fsp3) is 0.276. The minimum Gasteiger partial charge on any atom is -0.491 e. The highest BCUT2D eigenvalue weighted by Gasteiger charge is 2.23. The number of aromatic amines is 1. The molecule has 0 saturated carbocycles. The Morgan fingerprint density at radius 3 is 2.72 bits per heavy atom. The molecule has 6 rings (SSSR count). The van der Waals surface area contributed by atoms with Crippen LogP contribution >= 0.6 is 0 Å². The SMILES string of the molecule is COc1cc(CNc2ccc3c(c2)Cc2ccnc(-c4cc(N5CCOCC5)cc(=O)[nH]4)c2O3)cnc1OC. The van der Waals surface area contributed by atoms with Crippen LogP contribution in [0.15, 0.2) is 59.7 Å².